The Balaban J connectivity index is 1.92. The molecule has 1 aromatic rings. The summed E-state index contributed by atoms with van der Waals surface area (Å²) in [4.78, 5) is 14.4. The minimum absolute atomic E-state index is 0.0279. The van der Waals surface area contributed by atoms with Gasteiger partial charge in [0.05, 0.1) is 6.04 Å². The first-order valence-corrected chi connectivity index (χ1v) is 7.44. The van der Waals surface area contributed by atoms with Gasteiger partial charge in [0, 0.05) is 24.8 Å². The van der Waals surface area contributed by atoms with E-state index >= 15 is 0 Å². The van der Waals surface area contributed by atoms with Crippen LogP contribution in [0.1, 0.15) is 26.7 Å². The number of benzene rings is 1. The van der Waals surface area contributed by atoms with E-state index in [1.165, 1.54) is 5.69 Å². The Bertz CT molecular complexity index is 433. The highest BCUT2D eigenvalue weighted by Crippen LogP contribution is 2.19. The van der Waals surface area contributed by atoms with Crippen LogP contribution in [-0.2, 0) is 4.79 Å². The van der Waals surface area contributed by atoms with Crippen molar-refractivity contribution in [2.24, 2.45) is 11.7 Å². The van der Waals surface area contributed by atoms with Crippen LogP contribution in [0.2, 0.25) is 0 Å². The molecule has 0 aliphatic carbocycles. The Morgan fingerprint density at radius 2 is 2.05 bits per heavy atom. The zero-order valence-corrected chi connectivity index (χ0v) is 12.4. The minimum Gasteiger partial charge on any atom is -0.369 e. The van der Waals surface area contributed by atoms with Crippen LogP contribution in [-0.4, -0.2) is 31.1 Å². The highest BCUT2D eigenvalue weighted by atomic mass is 16.2. The third kappa shape index (κ3) is 3.73. The van der Waals surface area contributed by atoms with E-state index in [9.17, 15) is 4.79 Å². The van der Waals surface area contributed by atoms with Crippen molar-refractivity contribution >= 4 is 11.6 Å². The van der Waals surface area contributed by atoms with Crippen molar-refractivity contribution in [3.05, 3.63) is 30.3 Å². The van der Waals surface area contributed by atoms with Crippen molar-refractivity contribution in [3.8, 4) is 0 Å². The molecular weight excluding hydrogens is 250 g/mol. The predicted molar refractivity (Wildman–Crippen MR) is 82.6 cm³/mol. The Hall–Kier alpha value is -1.55. The summed E-state index contributed by atoms with van der Waals surface area (Å²) < 4.78 is 0. The van der Waals surface area contributed by atoms with Crippen LogP contribution in [0.25, 0.3) is 0 Å². The zero-order valence-electron chi connectivity index (χ0n) is 12.4. The van der Waals surface area contributed by atoms with Crippen LogP contribution >= 0.6 is 0 Å². The predicted octanol–water partition coefficient (Wildman–Crippen LogP) is 1.75. The summed E-state index contributed by atoms with van der Waals surface area (Å²) in [5, 5.41) is 3.09. The van der Waals surface area contributed by atoms with Crippen molar-refractivity contribution < 1.29 is 4.79 Å². The second-order valence-electron chi connectivity index (χ2n) is 5.90. The number of carbonyl (C=O) groups is 1. The van der Waals surface area contributed by atoms with E-state index in [2.05, 4.69) is 22.3 Å². The lowest BCUT2D eigenvalue weighted by Crippen LogP contribution is -2.53. The highest BCUT2D eigenvalue weighted by molar-refractivity contribution is 5.82. The van der Waals surface area contributed by atoms with Gasteiger partial charge in [-0.2, -0.15) is 0 Å². The third-order valence-electron chi connectivity index (χ3n) is 3.91. The van der Waals surface area contributed by atoms with Gasteiger partial charge in [0.25, 0.3) is 0 Å². The average Bonchev–Trinajstić information content (AvgIpc) is 2.47. The maximum Gasteiger partial charge on any atom is 0.237 e. The molecule has 0 bridgehead atoms. The molecular formula is C16H25N3O. The molecule has 0 saturated carbocycles. The fourth-order valence-corrected chi connectivity index (χ4v) is 2.57. The smallest absolute Gasteiger partial charge is 0.237 e. The number of nitrogens with zero attached hydrogens (tertiary/aromatic N) is 1. The molecule has 3 N–H and O–H groups in total. The van der Waals surface area contributed by atoms with Crippen LogP contribution in [0.4, 0.5) is 5.69 Å². The molecule has 0 radical (unpaired) electrons. The normalized spacial score (nSPS) is 20.8. The molecule has 1 aromatic carbocycles. The van der Waals surface area contributed by atoms with Gasteiger partial charge in [-0.15, -0.1) is 0 Å². The molecule has 0 spiro atoms. The monoisotopic (exact) mass is 275 g/mol. The van der Waals surface area contributed by atoms with Gasteiger partial charge in [-0.1, -0.05) is 32.0 Å². The average molecular weight is 275 g/mol. The van der Waals surface area contributed by atoms with Crippen LogP contribution in [0, 0.1) is 5.92 Å². The summed E-state index contributed by atoms with van der Waals surface area (Å²) >= 11 is 0. The number of para-hydroxylation sites is 1. The van der Waals surface area contributed by atoms with Gasteiger partial charge < -0.3 is 16.0 Å². The fraction of sp³-hybridized carbons (Fsp3) is 0.562. The third-order valence-corrected chi connectivity index (χ3v) is 3.91. The van der Waals surface area contributed by atoms with Gasteiger partial charge in [-0.25, -0.2) is 0 Å². The fourth-order valence-electron chi connectivity index (χ4n) is 2.57. The maximum atomic E-state index is 12.0. The molecule has 1 heterocycles. The van der Waals surface area contributed by atoms with E-state index in [1.807, 2.05) is 32.0 Å². The Morgan fingerprint density at radius 1 is 1.35 bits per heavy atom. The molecule has 4 nitrogen and oxygen atoms in total. The summed E-state index contributed by atoms with van der Waals surface area (Å²) in [5.74, 6) is 0.142. The van der Waals surface area contributed by atoms with Crippen molar-refractivity contribution in [2.75, 3.05) is 18.0 Å². The number of nitrogens with one attached hydrogen (secondary N) is 1. The van der Waals surface area contributed by atoms with Gasteiger partial charge in [0.15, 0.2) is 0 Å². The number of piperidine rings is 1. The largest absolute Gasteiger partial charge is 0.369 e. The molecule has 1 aliphatic rings. The zero-order chi connectivity index (χ0) is 14.5. The molecule has 2 rings (SSSR count). The lowest BCUT2D eigenvalue weighted by atomic mass is 10.0. The highest BCUT2D eigenvalue weighted by Gasteiger charge is 2.24. The Morgan fingerprint density at radius 3 is 2.70 bits per heavy atom. The summed E-state index contributed by atoms with van der Waals surface area (Å²) in [6, 6.07) is 10.1. The number of rotatable bonds is 4. The summed E-state index contributed by atoms with van der Waals surface area (Å²) in [7, 11) is 0. The lowest BCUT2D eigenvalue weighted by Gasteiger charge is -2.35. The summed E-state index contributed by atoms with van der Waals surface area (Å²) in [6.45, 7) is 5.86. The number of carbonyl (C=O) groups excluding carboxylic acids is 1. The van der Waals surface area contributed by atoms with Crippen molar-refractivity contribution in [2.45, 2.75) is 38.8 Å². The first-order chi connectivity index (χ1) is 9.58. The number of hydrogen-bond donors (Lipinski definition) is 2. The molecule has 20 heavy (non-hydrogen) atoms. The molecule has 1 amide bonds. The molecule has 1 saturated heterocycles. The second kappa shape index (κ2) is 6.75. The van der Waals surface area contributed by atoms with Crippen LogP contribution in [0.15, 0.2) is 30.3 Å². The number of nitrogens with two attached hydrogens (primary N) is 1. The SMILES string of the molecule is CC(C)[C@H](N)C(=O)NC1CCCN(c2ccccc2)C1. The standard InChI is InChI=1S/C16H25N3O/c1-12(2)15(17)16(20)18-13-7-6-10-19(11-13)14-8-4-3-5-9-14/h3-5,8-9,12-13,15H,6-7,10-11,17H2,1-2H3,(H,18,20)/t13?,15-/m0/s1. The van der Waals surface area contributed by atoms with Gasteiger partial charge >= 0.3 is 0 Å². The van der Waals surface area contributed by atoms with E-state index in [4.69, 9.17) is 5.73 Å². The van der Waals surface area contributed by atoms with Gasteiger partial charge in [0.1, 0.15) is 0 Å². The molecule has 1 fully saturated rings. The van der Waals surface area contributed by atoms with E-state index in [0.717, 1.165) is 25.9 Å². The van der Waals surface area contributed by atoms with Crippen molar-refractivity contribution in [3.63, 3.8) is 0 Å². The summed E-state index contributed by atoms with van der Waals surface area (Å²) in [6.07, 6.45) is 2.12. The molecule has 2 atom stereocenters. The van der Waals surface area contributed by atoms with E-state index in [0.29, 0.717) is 0 Å². The summed E-state index contributed by atoms with van der Waals surface area (Å²) in [5.41, 5.74) is 7.12. The van der Waals surface area contributed by atoms with Crippen LogP contribution in [0.5, 0.6) is 0 Å². The molecule has 4 heteroatoms. The number of hydrogen-bond acceptors (Lipinski definition) is 3. The lowest BCUT2D eigenvalue weighted by molar-refractivity contribution is -0.124. The minimum atomic E-state index is -0.415. The molecule has 110 valence electrons. The first-order valence-electron chi connectivity index (χ1n) is 7.44. The first kappa shape index (κ1) is 14.9. The topological polar surface area (TPSA) is 58.4 Å². The quantitative estimate of drug-likeness (QED) is 0.880. The van der Waals surface area contributed by atoms with Gasteiger partial charge in [-0.3, -0.25) is 4.79 Å². The second-order valence-corrected chi connectivity index (χ2v) is 5.90. The van der Waals surface area contributed by atoms with E-state index in [1.54, 1.807) is 0 Å². The Labute approximate surface area is 121 Å². The molecule has 1 unspecified atom stereocenters. The molecule has 0 aromatic heterocycles. The van der Waals surface area contributed by atoms with Crippen LogP contribution < -0.4 is 16.0 Å². The number of amides is 1. The van der Waals surface area contributed by atoms with Crippen LogP contribution in [0.3, 0.4) is 0 Å². The van der Waals surface area contributed by atoms with E-state index in [-0.39, 0.29) is 17.9 Å². The van der Waals surface area contributed by atoms with E-state index < -0.39 is 6.04 Å². The van der Waals surface area contributed by atoms with Crippen molar-refractivity contribution in [1.29, 1.82) is 0 Å². The number of anilines is 1. The Kier molecular flexibility index (Phi) is 5.01. The van der Waals surface area contributed by atoms with Gasteiger partial charge in [-0.05, 0) is 30.9 Å². The molecule has 1 aliphatic heterocycles. The van der Waals surface area contributed by atoms with Gasteiger partial charge in [0.2, 0.25) is 5.91 Å². The maximum absolute atomic E-state index is 12.0. The van der Waals surface area contributed by atoms with Crippen molar-refractivity contribution in [1.82, 2.24) is 5.32 Å².